The van der Waals surface area contributed by atoms with Crippen molar-refractivity contribution in [3.63, 3.8) is 0 Å². The van der Waals surface area contributed by atoms with E-state index in [4.69, 9.17) is 16.7 Å². The molecule has 0 amide bonds. The molecule has 0 aromatic heterocycles. The third-order valence-electron chi connectivity index (χ3n) is 1.78. The Morgan fingerprint density at radius 1 is 1.56 bits per heavy atom. The summed E-state index contributed by atoms with van der Waals surface area (Å²) in [6, 6.07) is 4.20. The van der Waals surface area contributed by atoms with Crippen molar-refractivity contribution in [1.29, 1.82) is 0 Å². The Morgan fingerprint density at radius 2 is 2.25 bits per heavy atom. The quantitative estimate of drug-likeness (QED) is 0.649. The molecule has 1 aromatic rings. The second kappa shape index (κ2) is 5.27. The smallest absolute Gasteiger partial charge is 0.307 e. The van der Waals surface area contributed by atoms with E-state index in [9.17, 15) is 14.9 Å². The van der Waals surface area contributed by atoms with Gasteiger partial charge in [-0.1, -0.05) is 23.8 Å². The van der Waals surface area contributed by atoms with Crippen molar-refractivity contribution in [2.45, 2.75) is 6.42 Å². The molecule has 0 radical (unpaired) electrons. The maximum absolute atomic E-state index is 10.7. The van der Waals surface area contributed by atoms with E-state index >= 15 is 0 Å². The number of benzene rings is 1. The molecule has 0 aliphatic rings. The van der Waals surface area contributed by atoms with Crippen molar-refractivity contribution in [1.82, 2.24) is 0 Å². The van der Waals surface area contributed by atoms with Crippen LogP contribution in [-0.2, 0) is 4.79 Å². The number of nitro groups is 1. The highest BCUT2D eigenvalue weighted by Gasteiger charge is 2.11. The maximum Gasteiger partial charge on any atom is 0.307 e. The Labute approximate surface area is 96.1 Å². The molecule has 0 atom stereocenters. The summed E-state index contributed by atoms with van der Waals surface area (Å²) in [4.78, 5) is 20.4. The van der Waals surface area contributed by atoms with Crippen LogP contribution in [0.4, 0.5) is 5.69 Å². The molecule has 0 bridgehead atoms. The van der Waals surface area contributed by atoms with E-state index in [0.717, 1.165) is 0 Å². The van der Waals surface area contributed by atoms with Crippen molar-refractivity contribution < 1.29 is 14.8 Å². The van der Waals surface area contributed by atoms with Crippen LogP contribution < -0.4 is 0 Å². The summed E-state index contributed by atoms with van der Waals surface area (Å²) in [5.41, 5.74) is 0.185. The topological polar surface area (TPSA) is 80.4 Å². The number of aliphatic carboxylic acids is 1. The molecule has 0 aliphatic carbocycles. The number of carboxylic acid groups (broad SMARTS) is 1. The van der Waals surface area contributed by atoms with Crippen LogP contribution in [0.3, 0.4) is 0 Å². The first-order chi connectivity index (χ1) is 7.50. The maximum atomic E-state index is 10.7. The number of nitro benzene ring substituents is 1. The Bertz CT molecular complexity index is 456. The van der Waals surface area contributed by atoms with Crippen molar-refractivity contribution >= 4 is 29.3 Å². The van der Waals surface area contributed by atoms with Crippen molar-refractivity contribution in [2.24, 2.45) is 0 Å². The van der Waals surface area contributed by atoms with Crippen LogP contribution in [0.25, 0.3) is 6.08 Å². The summed E-state index contributed by atoms with van der Waals surface area (Å²) in [5, 5.41) is 19.3. The summed E-state index contributed by atoms with van der Waals surface area (Å²) in [5.74, 6) is -0.993. The average molecular weight is 242 g/mol. The number of hydrogen-bond donors (Lipinski definition) is 1. The van der Waals surface area contributed by atoms with E-state index in [2.05, 4.69) is 0 Å². The predicted octanol–water partition coefficient (Wildman–Crippen LogP) is 2.74. The van der Waals surface area contributed by atoms with E-state index < -0.39 is 10.9 Å². The zero-order valence-electron chi connectivity index (χ0n) is 8.09. The minimum atomic E-state index is -0.993. The number of rotatable bonds is 4. The first-order valence-corrected chi connectivity index (χ1v) is 4.71. The lowest BCUT2D eigenvalue weighted by molar-refractivity contribution is -0.385. The van der Waals surface area contributed by atoms with Gasteiger partial charge in [0.15, 0.2) is 0 Å². The van der Waals surface area contributed by atoms with E-state index in [-0.39, 0.29) is 17.1 Å². The van der Waals surface area contributed by atoms with Gasteiger partial charge in [-0.15, -0.1) is 0 Å². The third-order valence-corrected chi connectivity index (χ3v) is 2.01. The molecule has 1 rings (SSSR count). The summed E-state index contributed by atoms with van der Waals surface area (Å²) in [7, 11) is 0. The summed E-state index contributed by atoms with van der Waals surface area (Å²) >= 11 is 5.62. The van der Waals surface area contributed by atoms with Crippen molar-refractivity contribution in [3.8, 4) is 0 Å². The number of halogens is 1. The molecule has 1 aromatic carbocycles. The molecule has 0 fully saturated rings. The van der Waals surface area contributed by atoms with Gasteiger partial charge in [-0.05, 0) is 12.1 Å². The van der Waals surface area contributed by atoms with Gasteiger partial charge in [-0.25, -0.2) is 0 Å². The van der Waals surface area contributed by atoms with Crippen LogP contribution in [0.5, 0.6) is 0 Å². The zero-order chi connectivity index (χ0) is 12.1. The molecule has 0 saturated carbocycles. The molecule has 0 spiro atoms. The molecular formula is C10H8ClNO4. The molecule has 5 nitrogen and oxygen atoms in total. The van der Waals surface area contributed by atoms with Gasteiger partial charge < -0.3 is 5.11 Å². The van der Waals surface area contributed by atoms with Crippen LogP contribution in [0.15, 0.2) is 24.3 Å². The minimum Gasteiger partial charge on any atom is -0.481 e. The molecule has 84 valence electrons. The summed E-state index contributed by atoms with van der Waals surface area (Å²) in [6.07, 6.45) is 2.56. The summed E-state index contributed by atoms with van der Waals surface area (Å²) in [6.45, 7) is 0. The lowest BCUT2D eigenvalue weighted by atomic mass is 10.1. The molecular weight excluding hydrogens is 234 g/mol. The Kier molecular flexibility index (Phi) is 4.02. The lowest BCUT2D eigenvalue weighted by Crippen LogP contribution is -1.92. The number of carboxylic acids is 1. The highest BCUT2D eigenvalue weighted by molar-refractivity contribution is 6.30. The summed E-state index contributed by atoms with van der Waals surface area (Å²) < 4.78 is 0. The number of nitrogens with zero attached hydrogens (tertiary/aromatic N) is 1. The van der Waals surface area contributed by atoms with Gasteiger partial charge in [0.25, 0.3) is 5.69 Å². The van der Waals surface area contributed by atoms with Gasteiger partial charge in [-0.2, -0.15) is 0 Å². The van der Waals surface area contributed by atoms with Crippen LogP contribution in [-0.4, -0.2) is 16.0 Å². The van der Waals surface area contributed by atoms with E-state index in [1.165, 1.54) is 30.4 Å². The highest BCUT2D eigenvalue weighted by Crippen LogP contribution is 2.24. The van der Waals surface area contributed by atoms with Crippen molar-refractivity contribution in [3.05, 3.63) is 45.0 Å². The normalized spacial score (nSPS) is 10.6. The van der Waals surface area contributed by atoms with Crippen LogP contribution >= 0.6 is 11.6 Å². The van der Waals surface area contributed by atoms with Gasteiger partial charge >= 0.3 is 5.97 Å². The predicted molar refractivity (Wildman–Crippen MR) is 59.4 cm³/mol. The Morgan fingerprint density at radius 3 is 2.81 bits per heavy atom. The first kappa shape index (κ1) is 12.2. The fourth-order valence-corrected chi connectivity index (χ4v) is 1.27. The number of carbonyl (C=O) groups is 1. The van der Waals surface area contributed by atoms with Gasteiger partial charge in [-0.3, -0.25) is 14.9 Å². The molecule has 6 heteroatoms. The Balaban J connectivity index is 2.99. The fourth-order valence-electron chi connectivity index (χ4n) is 1.10. The largest absolute Gasteiger partial charge is 0.481 e. The van der Waals surface area contributed by atoms with Crippen LogP contribution in [0.2, 0.25) is 5.02 Å². The minimum absolute atomic E-state index is 0.144. The molecule has 0 saturated heterocycles. The first-order valence-electron chi connectivity index (χ1n) is 4.33. The van der Waals surface area contributed by atoms with Crippen LogP contribution in [0.1, 0.15) is 12.0 Å². The molecule has 16 heavy (non-hydrogen) atoms. The number of hydrogen-bond acceptors (Lipinski definition) is 3. The molecule has 0 heterocycles. The van der Waals surface area contributed by atoms with Gasteiger partial charge in [0.2, 0.25) is 0 Å². The van der Waals surface area contributed by atoms with Gasteiger partial charge in [0.05, 0.1) is 16.9 Å². The second-order valence-electron chi connectivity index (χ2n) is 2.96. The van der Waals surface area contributed by atoms with Gasteiger partial charge in [0, 0.05) is 11.1 Å². The van der Waals surface area contributed by atoms with Crippen LogP contribution in [0, 0.1) is 10.1 Å². The Hall–Kier alpha value is -1.88. The highest BCUT2D eigenvalue weighted by atomic mass is 35.5. The standard InChI is InChI=1S/C10H8ClNO4/c11-8-5-4-7(2-1-3-10(13)14)9(6-8)12(15)16/h1-2,4-6H,3H2,(H,13,14). The van der Waals surface area contributed by atoms with E-state index in [1.54, 1.807) is 0 Å². The monoisotopic (exact) mass is 241 g/mol. The van der Waals surface area contributed by atoms with E-state index in [1.807, 2.05) is 0 Å². The zero-order valence-corrected chi connectivity index (χ0v) is 8.85. The lowest BCUT2D eigenvalue weighted by Gasteiger charge is -1.97. The molecule has 0 aliphatic heterocycles. The average Bonchev–Trinajstić information content (AvgIpc) is 2.19. The fraction of sp³-hybridized carbons (Fsp3) is 0.100. The van der Waals surface area contributed by atoms with Gasteiger partial charge in [0.1, 0.15) is 0 Å². The SMILES string of the molecule is O=C(O)CC=Cc1ccc(Cl)cc1[N+](=O)[O-]. The van der Waals surface area contributed by atoms with E-state index in [0.29, 0.717) is 5.56 Å². The second-order valence-corrected chi connectivity index (χ2v) is 3.40. The molecule has 1 N–H and O–H groups in total. The molecule has 0 unspecified atom stereocenters. The third kappa shape index (κ3) is 3.36. The van der Waals surface area contributed by atoms with Crippen molar-refractivity contribution in [2.75, 3.05) is 0 Å².